The largest absolute Gasteiger partial charge is 0.447 e. The first-order valence-corrected chi connectivity index (χ1v) is 7.58. The van der Waals surface area contributed by atoms with Gasteiger partial charge in [-0.05, 0) is 29.8 Å². The number of carbonyl (C=O) groups excluding carboxylic acids is 2. The third-order valence-electron chi connectivity index (χ3n) is 3.27. The Morgan fingerprint density at radius 3 is 2.45 bits per heavy atom. The third-order valence-corrected chi connectivity index (χ3v) is 4.30. The summed E-state index contributed by atoms with van der Waals surface area (Å²) in [4.78, 5) is 24.8. The minimum absolute atomic E-state index is 0. The summed E-state index contributed by atoms with van der Waals surface area (Å²) in [5.41, 5.74) is 0. The van der Waals surface area contributed by atoms with Crippen LogP contribution in [-0.4, -0.2) is 52.3 Å². The molecule has 0 spiro atoms. The molecule has 0 aromatic carbocycles. The van der Waals surface area contributed by atoms with Gasteiger partial charge in [0.2, 0.25) is 0 Å². The maximum atomic E-state index is 12.2. The van der Waals surface area contributed by atoms with Crippen LogP contribution in [0.25, 0.3) is 0 Å². The predicted molar refractivity (Wildman–Crippen MR) is 78.6 cm³/mol. The van der Waals surface area contributed by atoms with E-state index in [1.165, 1.54) is 0 Å². The molecule has 0 aliphatic carbocycles. The van der Waals surface area contributed by atoms with E-state index in [-0.39, 0.29) is 75.0 Å². The Kier molecular flexibility index (Phi) is 10.5. The van der Waals surface area contributed by atoms with E-state index in [0.29, 0.717) is 11.5 Å². The SMILES string of the molecule is CC(C)C1COC(=O)N1C(=O)C(O)CC(CS)CS.[Ac]. The van der Waals surface area contributed by atoms with Gasteiger partial charge in [0.05, 0.1) is 6.04 Å². The van der Waals surface area contributed by atoms with Gasteiger partial charge in [-0.2, -0.15) is 25.3 Å². The number of imide groups is 1. The zero-order valence-corrected chi connectivity index (χ0v) is 18.3. The molecule has 113 valence electrons. The summed E-state index contributed by atoms with van der Waals surface area (Å²) >= 11 is 8.28. The summed E-state index contributed by atoms with van der Waals surface area (Å²) in [5, 5.41) is 9.96. The molecule has 1 heterocycles. The Labute approximate surface area is 166 Å². The van der Waals surface area contributed by atoms with Crippen molar-refractivity contribution >= 4 is 37.3 Å². The van der Waals surface area contributed by atoms with Crippen molar-refractivity contribution in [1.29, 1.82) is 0 Å². The Hall–Kier alpha value is 1.04. The van der Waals surface area contributed by atoms with E-state index in [4.69, 9.17) is 4.74 Å². The minimum atomic E-state index is -1.21. The fraction of sp³-hybridized carbons (Fsp3) is 0.833. The van der Waals surface area contributed by atoms with Gasteiger partial charge in [-0.15, -0.1) is 0 Å². The van der Waals surface area contributed by atoms with Crippen LogP contribution < -0.4 is 0 Å². The zero-order chi connectivity index (χ0) is 14.6. The number of aliphatic hydroxyl groups excluding tert-OH is 1. The van der Waals surface area contributed by atoms with Crippen LogP contribution in [0.3, 0.4) is 0 Å². The molecule has 0 bridgehead atoms. The molecule has 8 heteroatoms. The molecular formula is C12H21AcNO4S2. The van der Waals surface area contributed by atoms with E-state index in [2.05, 4.69) is 25.3 Å². The molecule has 0 aromatic rings. The van der Waals surface area contributed by atoms with Crippen molar-refractivity contribution in [3.8, 4) is 0 Å². The van der Waals surface area contributed by atoms with Gasteiger partial charge >= 0.3 is 6.09 Å². The third kappa shape index (κ3) is 5.35. The summed E-state index contributed by atoms with van der Waals surface area (Å²) < 4.78 is 4.89. The van der Waals surface area contributed by atoms with Crippen molar-refractivity contribution in [3.05, 3.63) is 0 Å². The average molecular weight is 534 g/mol. The van der Waals surface area contributed by atoms with Gasteiger partial charge in [0.15, 0.2) is 0 Å². The standard InChI is InChI=1S/C12H21NO4S2.Ac/c1-7(2)9-4-17-12(16)13(9)11(15)10(14)3-8(5-18)6-19;/h7-10,14,18-19H,3-6H2,1-2H3;. The van der Waals surface area contributed by atoms with Crippen molar-refractivity contribution in [2.24, 2.45) is 11.8 Å². The van der Waals surface area contributed by atoms with Gasteiger partial charge in [-0.1, -0.05) is 13.8 Å². The first kappa shape index (κ1) is 21.0. The second kappa shape index (κ2) is 9.94. The van der Waals surface area contributed by atoms with Gasteiger partial charge < -0.3 is 9.84 Å². The minimum Gasteiger partial charge on any atom is -0.447 e. The van der Waals surface area contributed by atoms with Crippen molar-refractivity contribution in [1.82, 2.24) is 4.90 Å². The Balaban J connectivity index is 0.00000361. The second-order valence-corrected chi connectivity index (χ2v) is 5.81. The Bertz CT molecular complexity index is 339. The van der Waals surface area contributed by atoms with E-state index in [9.17, 15) is 14.7 Å². The van der Waals surface area contributed by atoms with Crippen LogP contribution in [-0.2, 0) is 9.53 Å². The quantitative estimate of drug-likeness (QED) is 0.449. The van der Waals surface area contributed by atoms with E-state index in [1.807, 2.05) is 13.8 Å². The van der Waals surface area contributed by atoms with E-state index in [1.54, 1.807) is 0 Å². The molecule has 1 fully saturated rings. The second-order valence-electron chi connectivity index (χ2n) is 5.08. The number of rotatable bonds is 6. The van der Waals surface area contributed by atoms with Crippen LogP contribution in [0.5, 0.6) is 0 Å². The fourth-order valence-corrected chi connectivity index (χ4v) is 2.72. The van der Waals surface area contributed by atoms with Crippen molar-refractivity contribution in [2.75, 3.05) is 18.1 Å². The monoisotopic (exact) mass is 534 g/mol. The average Bonchev–Trinajstić information content (AvgIpc) is 2.76. The summed E-state index contributed by atoms with van der Waals surface area (Å²) in [5.74, 6) is 0.599. The van der Waals surface area contributed by atoms with Gasteiger partial charge in [0.1, 0.15) is 12.7 Å². The molecule has 0 saturated carbocycles. The molecule has 2 unspecified atom stereocenters. The molecule has 0 aromatic heterocycles. The van der Waals surface area contributed by atoms with Crippen molar-refractivity contribution < 1.29 is 63.5 Å². The topological polar surface area (TPSA) is 66.8 Å². The normalized spacial score (nSPS) is 20.1. The van der Waals surface area contributed by atoms with Crippen LogP contribution in [0.4, 0.5) is 4.79 Å². The Morgan fingerprint density at radius 1 is 1.45 bits per heavy atom. The molecular weight excluding hydrogens is 513 g/mol. The van der Waals surface area contributed by atoms with Crippen LogP contribution in [0.2, 0.25) is 0 Å². The number of amides is 2. The Morgan fingerprint density at radius 2 is 2.00 bits per heavy atom. The maximum absolute atomic E-state index is 12.2. The molecule has 1 radical (unpaired) electrons. The van der Waals surface area contributed by atoms with Crippen LogP contribution in [0.1, 0.15) is 20.3 Å². The van der Waals surface area contributed by atoms with Crippen molar-refractivity contribution in [3.63, 3.8) is 0 Å². The molecule has 2 atom stereocenters. The number of hydrogen-bond acceptors (Lipinski definition) is 6. The summed E-state index contributed by atoms with van der Waals surface area (Å²) in [6.07, 6.45) is -1.63. The molecule has 1 aliphatic heterocycles. The zero-order valence-electron chi connectivity index (χ0n) is 11.7. The van der Waals surface area contributed by atoms with Crippen LogP contribution in [0.15, 0.2) is 0 Å². The molecule has 5 nitrogen and oxygen atoms in total. The smallest absolute Gasteiger partial charge is 0.417 e. The number of hydrogen-bond donors (Lipinski definition) is 3. The van der Waals surface area contributed by atoms with E-state index in [0.717, 1.165) is 4.90 Å². The first-order valence-electron chi connectivity index (χ1n) is 6.32. The number of carbonyl (C=O) groups is 2. The number of thiol groups is 2. The molecule has 20 heavy (non-hydrogen) atoms. The fourth-order valence-electron chi connectivity index (χ4n) is 1.96. The number of nitrogens with zero attached hydrogens (tertiary/aromatic N) is 1. The van der Waals surface area contributed by atoms with Crippen molar-refractivity contribution in [2.45, 2.75) is 32.4 Å². The van der Waals surface area contributed by atoms with Crippen LogP contribution in [0, 0.1) is 55.9 Å². The molecule has 1 rings (SSSR count). The molecule has 2 amide bonds. The van der Waals surface area contributed by atoms with Gasteiger partial charge in [-0.3, -0.25) is 4.79 Å². The molecule has 1 aliphatic rings. The van der Waals surface area contributed by atoms with Gasteiger partial charge in [0, 0.05) is 44.1 Å². The summed E-state index contributed by atoms with van der Waals surface area (Å²) in [6.45, 7) is 4.00. The maximum Gasteiger partial charge on any atom is 0.417 e. The first-order chi connectivity index (χ1) is 8.92. The number of aliphatic hydroxyl groups is 1. The van der Waals surface area contributed by atoms with E-state index >= 15 is 0 Å². The summed E-state index contributed by atoms with van der Waals surface area (Å²) in [7, 11) is 0. The van der Waals surface area contributed by atoms with Gasteiger partial charge in [0.25, 0.3) is 5.91 Å². The predicted octanol–water partition coefficient (Wildman–Crippen LogP) is 1.22. The number of ether oxygens (including phenoxy) is 1. The van der Waals surface area contributed by atoms with Gasteiger partial charge in [-0.25, -0.2) is 9.69 Å². The summed E-state index contributed by atoms with van der Waals surface area (Å²) in [6, 6.07) is -0.305. The van der Waals surface area contributed by atoms with E-state index < -0.39 is 18.1 Å². The molecule has 1 N–H and O–H groups in total. The molecule has 1 saturated heterocycles. The van der Waals surface area contributed by atoms with Crippen LogP contribution >= 0.6 is 25.3 Å². The number of cyclic esters (lactones) is 1.